The van der Waals surface area contributed by atoms with Crippen molar-refractivity contribution < 1.29 is 9.53 Å². The first-order chi connectivity index (χ1) is 10.8. The number of carbonyl (C=O) groups is 1. The molecule has 118 valence electrons. The average molecular weight is 320 g/mol. The normalized spacial score (nSPS) is 21.0. The van der Waals surface area contributed by atoms with Crippen LogP contribution in [0.2, 0.25) is 0 Å². The molecule has 1 fully saturated rings. The molecule has 0 aliphatic carbocycles. The Morgan fingerprint density at radius 2 is 2.50 bits per heavy atom. The van der Waals surface area contributed by atoms with Gasteiger partial charge < -0.3 is 15.4 Å². The zero-order valence-electron chi connectivity index (χ0n) is 12.5. The number of rotatable bonds is 5. The highest BCUT2D eigenvalue weighted by atomic mass is 32.1. The van der Waals surface area contributed by atoms with E-state index in [0.29, 0.717) is 13.2 Å². The van der Waals surface area contributed by atoms with Crippen LogP contribution in [0.1, 0.15) is 30.6 Å². The van der Waals surface area contributed by atoms with Crippen molar-refractivity contribution >= 4 is 17.4 Å². The number of thiophene rings is 1. The Morgan fingerprint density at radius 3 is 3.23 bits per heavy atom. The Balaban J connectivity index is 1.55. The molecule has 0 bridgehead atoms. The second kappa shape index (κ2) is 6.93. The van der Waals surface area contributed by atoms with Crippen molar-refractivity contribution in [2.45, 2.75) is 38.6 Å². The predicted octanol–water partition coefficient (Wildman–Crippen LogP) is 2.29. The quantitative estimate of drug-likeness (QED) is 0.888. The highest BCUT2D eigenvalue weighted by molar-refractivity contribution is 7.07. The third-order valence-corrected chi connectivity index (χ3v) is 4.48. The molecule has 1 aliphatic heterocycles. The van der Waals surface area contributed by atoms with Gasteiger partial charge in [0.15, 0.2) is 0 Å². The molecule has 0 radical (unpaired) electrons. The number of ether oxygens (including phenoxy) is 1. The van der Waals surface area contributed by atoms with Gasteiger partial charge in [-0.05, 0) is 35.7 Å². The van der Waals surface area contributed by atoms with Crippen LogP contribution in [0.25, 0.3) is 0 Å². The fraction of sp³-hybridized carbons (Fsp3) is 0.467. The lowest BCUT2D eigenvalue weighted by atomic mass is 10.1. The molecular weight excluding hydrogens is 300 g/mol. The van der Waals surface area contributed by atoms with E-state index in [9.17, 15) is 4.79 Å². The molecule has 1 saturated heterocycles. The molecule has 2 aromatic heterocycles. The standard InChI is InChI=1S/C15H20N4O2S/c1-2-19-9-12(8-17-19)14-13(3-5-21-14)18-15(20)16-7-11-4-6-22-10-11/h4,6,8-10,13-14H,2-3,5,7H2,1H3,(H2,16,18,20)/t13-,14+/m0/s1. The van der Waals surface area contributed by atoms with Crippen LogP contribution in [0.3, 0.4) is 0 Å². The highest BCUT2D eigenvalue weighted by Gasteiger charge is 2.31. The van der Waals surface area contributed by atoms with Gasteiger partial charge in [0.05, 0.1) is 12.2 Å². The summed E-state index contributed by atoms with van der Waals surface area (Å²) in [5.74, 6) is 0. The van der Waals surface area contributed by atoms with E-state index in [1.54, 1.807) is 11.3 Å². The van der Waals surface area contributed by atoms with Gasteiger partial charge in [-0.15, -0.1) is 0 Å². The van der Waals surface area contributed by atoms with Gasteiger partial charge in [0, 0.05) is 31.5 Å². The van der Waals surface area contributed by atoms with Gasteiger partial charge in [-0.3, -0.25) is 4.68 Å². The van der Waals surface area contributed by atoms with Crippen LogP contribution >= 0.6 is 11.3 Å². The zero-order valence-corrected chi connectivity index (χ0v) is 13.3. The first-order valence-corrected chi connectivity index (χ1v) is 8.40. The SMILES string of the molecule is CCn1cc([C@H]2OCC[C@@H]2NC(=O)NCc2ccsc2)cn1. The molecule has 2 aromatic rings. The average Bonchev–Trinajstić information content (AvgIpc) is 3.26. The summed E-state index contributed by atoms with van der Waals surface area (Å²) in [7, 11) is 0. The first-order valence-electron chi connectivity index (χ1n) is 7.45. The van der Waals surface area contributed by atoms with Gasteiger partial charge in [-0.25, -0.2) is 4.79 Å². The molecule has 2 N–H and O–H groups in total. The number of carbonyl (C=O) groups excluding carboxylic acids is 1. The van der Waals surface area contributed by atoms with Crippen molar-refractivity contribution in [3.8, 4) is 0 Å². The Hall–Kier alpha value is -1.86. The van der Waals surface area contributed by atoms with Gasteiger partial charge in [-0.2, -0.15) is 16.4 Å². The van der Waals surface area contributed by atoms with Crippen LogP contribution in [0, 0.1) is 0 Å². The Kier molecular flexibility index (Phi) is 4.74. The van der Waals surface area contributed by atoms with Crippen LogP contribution in [-0.2, 0) is 17.8 Å². The second-order valence-corrected chi connectivity index (χ2v) is 6.05. The Morgan fingerprint density at radius 1 is 1.59 bits per heavy atom. The summed E-state index contributed by atoms with van der Waals surface area (Å²) in [5, 5.41) is 14.2. The fourth-order valence-electron chi connectivity index (χ4n) is 2.56. The van der Waals surface area contributed by atoms with Crippen molar-refractivity contribution in [1.29, 1.82) is 0 Å². The lowest BCUT2D eigenvalue weighted by Crippen LogP contribution is -2.42. The minimum atomic E-state index is -0.158. The smallest absolute Gasteiger partial charge is 0.315 e. The maximum atomic E-state index is 12.0. The topological polar surface area (TPSA) is 68.2 Å². The molecule has 2 atom stereocenters. The number of aromatic nitrogens is 2. The van der Waals surface area contributed by atoms with Crippen LogP contribution in [-0.4, -0.2) is 28.5 Å². The molecule has 22 heavy (non-hydrogen) atoms. The monoisotopic (exact) mass is 320 g/mol. The summed E-state index contributed by atoms with van der Waals surface area (Å²) in [6, 6.07) is 1.83. The predicted molar refractivity (Wildman–Crippen MR) is 84.7 cm³/mol. The zero-order chi connectivity index (χ0) is 15.4. The minimum Gasteiger partial charge on any atom is -0.371 e. The molecule has 1 aliphatic rings. The van der Waals surface area contributed by atoms with Gasteiger partial charge in [0.1, 0.15) is 6.10 Å². The van der Waals surface area contributed by atoms with E-state index in [-0.39, 0.29) is 18.2 Å². The summed E-state index contributed by atoms with van der Waals surface area (Å²) in [6.07, 6.45) is 4.49. The molecule has 7 heteroatoms. The number of urea groups is 1. The van der Waals surface area contributed by atoms with E-state index in [0.717, 1.165) is 24.1 Å². The summed E-state index contributed by atoms with van der Waals surface area (Å²) in [5.41, 5.74) is 2.13. The molecule has 6 nitrogen and oxygen atoms in total. The molecule has 0 unspecified atom stereocenters. The van der Waals surface area contributed by atoms with Crippen molar-refractivity contribution in [1.82, 2.24) is 20.4 Å². The lowest BCUT2D eigenvalue weighted by Gasteiger charge is -2.19. The molecule has 0 saturated carbocycles. The van der Waals surface area contributed by atoms with Gasteiger partial charge in [0.25, 0.3) is 0 Å². The van der Waals surface area contributed by atoms with E-state index in [4.69, 9.17) is 4.74 Å². The van der Waals surface area contributed by atoms with E-state index in [2.05, 4.69) is 15.7 Å². The molecule has 3 rings (SSSR count). The number of aryl methyl sites for hydroxylation is 1. The molecule has 3 heterocycles. The maximum absolute atomic E-state index is 12.0. The summed E-state index contributed by atoms with van der Waals surface area (Å²) < 4.78 is 7.63. The Labute approximate surface area is 133 Å². The lowest BCUT2D eigenvalue weighted by molar-refractivity contribution is 0.0998. The van der Waals surface area contributed by atoms with Crippen molar-refractivity contribution in [2.24, 2.45) is 0 Å². The number of nitrogens with one attached hydrogen (secondary N) is 2. The van der Waals surface area contributed by atoms with Gasteiger partial charge in [-0.1, -0.05) is 0 Å². The molecule has 2 amide bonds. The molecule has 0 aromatic carbocycles. The number of hydrogen-bond acceptors (Lipinski definition) is 4. The second-order valence-electron chi connectivity index (χ2n) is 5.27. The number of nitrogens with zero attached hydrogens (tertiary/aromatic N) is 2. The van der Waals surface area contributed by atoms with Crippen LogP contribution in [0.4, 0.5) is 4.79 Å². The minimum absolute atomic E-state index is 0.0167. The van der Waals surface area contributed by atoms with Crippen LogP contribution in [0.15, 0.2) is 29.2 Å². The van der Waals surface area contributed by atoms with Gasteiger partial charge in [0.2, 0.25) is 0 Å². The van der Waals surface area contributed by atoms with Gasteiger partial charge >= 0.3 is 6.03 Å². The third kappa shape index (κ3) is 3.48. The largest absolute Gasteiger partial charge is 0.371 e. The summed E-state index contributed by atoms with van der Waals surface area (Å²) in [6.45, 7) is 4.06. The summed E-state index contributed by atoms with van der Waals surface area (Å²) >= 11 is 1.63. The first kappa shape index (κ1) is 15.1. The molecular formula is C15H20N4O2S. The maximum Gasteiger partial charge on any atom is 0.315 e. The van der Waals surface area contributed by atoms with Crippen molar-refractivity contribution in [2.75, 3.05) is 6.61 Å². The van der Waals surface area contributed by atoms with Crippen molar-refractivity contribution in [3.63, 3.8) is 0 Å². The van der Waals surface area contributed by atoms with E-state index in [1.165, 1.54) is 0 Å². The van der Waals surface area contributed by atoms with E-state index >= 15 is 0 Å². The van der Waals surface area contributed by atoms with Crippen molar-refractivity contribution in [3.05, 3.63) is 40.3 Å². The Bertz CT molecular complexity index is 611. The van der Waals surface area contributed by atoms with E-state index in [1.807, 2.05) is 40.8 Å². The van der Waals surface area contributed by atoms with Crippen LogP contribution in [0.5, 0.6) is 0 Å². The summed E-state index contributed by atoms with van der Waals surface area (Å²) in [4.78, 5) is 12.0. The van der Waals surface area contributed by atoms with E-state index < -0.39 is 0 Å². The number of amides is 2. The third-order valence-electron chi connectivity index (χ3n) is 3.75. The molecule has 0 spiro atoms. The number of hydrogen-bond donors (Lipinski definition) is 2. The van der Waals surface area contributed by atoms with Crippen LogP contribution < -0.4 is 10.6 Å². The highest BCUT2D eigenvalue weighted by Crippen LogP contribution is 2.28. The fourth-order valence-corrected chi connectivity index (χ4v) is 3.23.